The van der Waals surface area contributed by atoms with Crippen molar-refractivity contribution in [1.29, 1.82) is 0 Å². The van der Waals surface area contributed by atoms with Crippen molar-refractivity contribution >= 4 is 6.03 Å². The number of rotatable bonds is 6. The maximum absolute atomic E-state index is 12.6. The third-order valence-electron chi connectivity index (χ3n) is 4.54. The van der Waals surface area contributed by atoms with Gasteiger partial charge in [-0.15, -0.1) is 0 Å². The van der Waals surface area contributed by atoms with Gasteiger partial charge >= 0.3 is 6.03 Å². The van der Waals surface area contributed by atoms with Crippen LogP contribution in [0.1, 0.15) is 36.9 Å². The first kappa shape index (κ1) is 17.3. The molecule has 6 nitrogen and oxygen atoms in total. The highest BCUT2D eigenvalue weighted by Gasteiger charge is 2.29. The zero-order valence-electron chi connectivity index (χ0n) is 14.9. The van der Waals surface area contributed by atoms with Crippen LogP contribution in [0.15, 0.2) is 36.7 Å². The lowest BCUT2D eigenvalue weighted by molar-refractivity contribution is 0.193. The summed E-state index contributed by atoms with van der Waals surface area (Å²) < 4.78 is 7.27. The van der Waals surface area contributed by atoms with E-state index in [-0.39, 0.29) is 12.1 Å². The van der Waals surface area contributed by atoms with Gasteiger partial charge in [-0.2, -0.15) is 5.10 Å². The number of carbonyl (C=O) groups is 1. The molecule has 25 heavy (non-hydrogen) atoms. The molecule has 0 aliphatic carbocycles. The summed E-state index contributed by atoms with van der Waals surface area (Å²) in [5.41, 5.74) is 2.30. The Labute approximate surface area is 148 Å². The SMILES string of the molecule is CCOc1ccc([C@H]2CCCN2C(=O)NCCc2cnn(C)c2)cc1. The Hall–Kier alpha value is -2.50. The predicted molar refractivity (Wildman–Crippen MR) is 96.6 cm³/mol. The van der Waals surface area contributed by atoms with Crippen LogP contribution in [0.25, 0.3) is 0 Å². The lowest BCUT2D eigenvalue weighted by Gasteiger charge is -2.25. The summed E-state index contributed by atoms with van der Waals surface area (Å²) in [6, 6.07) is 8.26. The number of amides is 2. The first-order chi connectivity index (χ1) is 12.2. The molecule has 0 bridgehead atoms. The number of hydrogen-bond donors (Lipinski definition) is 1. The number of urea groups is 1. The van der Waals surface area contributed by atoms with Crippen LogP contribution >= 0.6 is 0 Å². The second kappa shape index (κ2) is 8.05. The lowest BCUT2D eigenvalue weighted by atomic mass is 10.0. The lowest BCUT2D eigenvalue weighted by Crippen LogP contribution is -2.40. The molecule has 3 rings (SSSR count). The Morgan fingerprint density at radius 1 is 1.36 bits per heavy atom. The van der Waals surface area contributed by atoms with Crippen LogP contribution in [-0.4, -0.2) is 40.4 Å². The third-order valence-corrected chi connectivity index (χ3v) is 4.54. The van der Waals surface area contributed by atoms with Crippen LogP contribution in [0, 0.1) is 0 Å². The third kappa shape index (κ3) is 4.32. The zero-order valence-corrected chi connectivity index (χ0v) is 14.9. The van der Waals surface area contributed by atoms with Crippen molar-refractivity contribution in [1.82, 2.24) is 20.0 Å². The highest BCUT2D eigenvalue weighted by atomic mass is 16.5. The maximum atomic E-state index is 12.6. The van der Waals surface area contributed by atoms with Gasteiger partial charge in [0.1, 0.15) is 5.75 Å². The Balaban J connectivity index is 1.55. The topological polar surface area (TPSA) is 59.4 Å². The van der Waals surface area contributed by atoms with Crippen molar-refractivity contribution in [3.63, 3.8) is 0 Å². The molecule has 1 saturated heterocycles. The molecule has 134 valence electrons. The minimum atomic E-state index is 0.0141. The number of benzene rings is 1. The quantitative estimate of drug-likeness (QED) is 0.878. The molecule has 0 unspecified atom stereocenters. The minimum absolute atomic E-state index is 0.0141. The Morgan fingerprint density at radius 3 is 2.84 bits per heavy atom. The van der Waals surface area contributed by atoms with Gasteiger partial charge in [-0.25, -0.2) is 4.79 Å². The average molecular weight is 342 g/mol. The normalized spacial score (nSPS) is 16.9. The number of ether oxygens (including phenoxy) is 1. The number of aromatic nitrogens is 2. The van der Waals surface area contributed by atoms with Crippen molar-refractivity contribution in [2.45, 2.75) is 32.2 Å². The van der Waals surface area contributed by atoms with E-state index in [0.717, 1.165) is 37.1 Å². The summed E-state index contributed by atoms with van der Waals surface area (Å²) in [5, 5.41) is 7.19. The number of likely N-dealkylation sites (tertiary alicyclic amines) is 1. The second-order valence-electron chi connectivity index (χ2n) is 6.36. The highest BCUT2D eigenvalue weighted by molar-refractivity contribution is 5.75. The van der Waals surface area contributed by atoms with Crippen molar-refractivity contribution in [3.05, 3.63) is 47.8 Å². The number of nitrogens with one attached hydrogen (secondary N) is 1. The van der Waals surface area contributed by atoms with Gasteiger partial charge in [0, 0.05) is 26.3 Å². The van der Waals surface area contributed by atoms with Gasteiger partial charge in [-0.3, -0.25) is 4.68 Å². The molecule has 0 saturated carbocycles. The van der Waals surface area contributed by atoms with E-state index in [9.17, 15) is 4.79 Å². The maximum Gasteiger partial charge on any atom is 0.317 e. The smallest absolute Gasteiger partial charge is 0.317 e. The largest absolute Gasteiger partial charge is 0.494 e. The highest BCUT2D eigenvalue weighted by Crippen LogP contribution is 2.32. The van der Waals surface area contributed by atoms with Gasteiger partial charge in [0.25, 0.3) is 0 Å². The van der Waals surface area contributed by atoms with Gasteiger partial charge in [-0.05, 0) is 49.4 Å². The van der Waals surface area contributed by atoms with E-state index in [0.29, 0.717) is 13.2 Å². The fraction of sp³-hybridized carbons (Fsp3) is 0.474. The molecule has 0 radical (unpaired) electrons. The van der Waals surface area contributed by atoms with Crippen LogP contribution in [-0.2, 0) is 13.5 Å². The first-order valence-corrected chi connectivity index (χ1v) is 8.92. The number of nitrogens with zero attached hydrogens (tertiary/aromatic N) is 3. The second-order valence-corrected chi connectivity index (χ2v) is 6.36. The van der Waals surface area contributed by atoms with Gasteiger partial charge in [0.05, 0.1) is 18.8 Å². The van der Waals surface area contributed by atoms with E-state index in [4.69, 9.17) is 4.74 Å². The van der Waals surface area contributed by atoms with Gasteiger partial charge in [-0.1, -0.05) is 12.1 Å². The number of carbonyl (C=O) groups excluding carboxylic acids is 1. The molecule has 1 aromatic heterocycles. The first-order valence-electron chi connectivity index (χ1n) is 8.92. The summed E-state index contributed by atoms with van der Waals surface area (Å²) in [4.78, 5) is 14.5. The molecule has 1 fully saturated rings. The minimum Gasteiger partial charge on any atom is -0.494 e. The molecular formula is C19H26N4O2. The predicted octanol–water partition coefficient (Wildman–Crippen LogP) is 2.91. The van der Waals surface area contributed by atoms with E-state index < -0.39 is 0 Å². The van der Waals surface area contributed by atoms with Gasteiger partial charge in [0.2, 0.25) is 0 Å². The summed E-state index contributed by atoms with van der Waals surface area (Å²) in [5.74, 6) is 0.872. The monoisotopic (exact) mass is 342 g/mol. The van der Waals surface area contributed by atoms with Crippen LogP contribution in [0.4, 0.5) is 4.79 Å². The Morgan fingerprint density at radius 2 is 2.16 bits per heavy atom. The van der Waals surface area contributed by atoms with E-state index >= 15 is 0 Å². The van der Waals surface area contributed by atoms with E-state index in [1.165, 1.54) is 5.56 Å². The van der Waals surface area contributed by atoms with Crippen LogP contribution < -0.4 is 10.1 Å². The molecule has 2 amide bonds. The molecular weight excluding hydrogens is 316 g/mol. The molecule has 1 atom stereocenters. The Kier molecular flexibility index (Phi) is 5.58. The van der Waals surface area contributed by atoms with Gasteiger partial charge < -0.3 is 15.0 Å². The van der Waals surface area contributed by atoms with E-state index in [2.05, 4.69) is 22.5 Å². The number of aryl methyl sites for hydroxylation is 1. The molecule has 1 aromatic carbocycles. The molecule has 0 spiro atoms. The van der Waals surface area contributed by atoms with Crippen LogP contribution in [0.2, 0.25) is 0 Å². The summed E-state index contributed by atoms with van der Waals surface area (Å²) in [7, 11) is 1.90. The fourth-order valence-corrected chi connectivity index (χ4v) is 3.33. The molecule has 1 aliphatic heterocycles. The van der Waals surface area contributed by atoms with Crippen LogP contribution in [0.5, 0.6) is 5.75 Å². The van der Waals surface area contributed by atoms with Crippen molar-refractivity contribution < 1.29 is 9.53 Å². The average Bonchev–Trinajstić information content (AvgIpc) is 3.25. The molecule has 1 aliphatic rings. The summed E-state index contributed by atoms with van der Waals surface area (Å²) >= 11 is 0. The van der Waals surface area contributed by atoms with Gasteiger partial charge in [0.15, 0.2) is 0 Å². The number of hydrogen-bond acceptors (Lipinski definition) is 3. The van der Waals surface area contributed by atoms with Crippen molar-refractivity contribution in [2.75, 3.05) is 19.7 Å². The van der Waals surface area contributed by atoms with E-state index in [1.807, 2.05) is 43.4 Å². The van der Waals surface area contributed by atoms with Crippen molar-refractivity contribution in [3.8, 4) is 5.75 Å². The molecule has 6 heteroatoms. The van der Waals surface area contributed by atoms with E-state index in [1.54, 1.807) is 4.68 Å². The van der Waals surface area contributed by atoms with Crippen molar-refractivity contribution in [2.24, 2.45) is 7.05 Å². The standard InChI is InChI=1S/C19H26N4O2/c1-3-25-17-8-6-16(7-9-17)18-5-4-12-23(18)19(24)20-11-10-15-13-21-22(2)14-15/h6-9,13-14,18H,3-5,10-12H2,1-2H3,(H,20,24)/t18-/m1/s1. The zero-order chi connectivity index (χ0) is 17.6. The molecule has 2 aromatic rings. The summed E-state index contributed by atoms with van der Waals surface area (Å²) in [6.45, 7) is 4.06. The molecule has 1 N–H and O–H groups in total. The Bertz CT molecular complexity index is 696. The summed E-state index contributed by atoms with van der Waals surface area (Å²) in [6.07, 6.45) is 6.65. The van der Waals surface area contributed by atoms with Crippen LogP contribution in [0.3, 0.4) is 0 Å². The fourth-order valence-electron chi connectivity index (χ4n) is 3.33. The molecule has 2 heterocycles.